The van der Waals surface area contributed by atoms with E-state index in [2.05, 4.69) is 5.32 Å². The maximum absolute atomic E-state index is 12.1. The minimum Gasteiger partial charge on any atom is -0.496 e. The minimum atomic E-state index is -1.15. The summed E-state index contributed by atoms with van der Waals surface area (Å²) in [6.07, 6.45) is 2.63. The van der Waals surface area contributed by atoms with Crippen LogP contribution in [0.1, 0.15) is 38.3 Å². The number of carboxylic acids is 1. The molecule has 0 saturated heterocycles. The molecule has 0 aromatic heterocycles. The van der Waals surface area contributed by atoms with Crippen molar-refractivity contribution >= 4 is 35.1 Å². The standard InChI is InChI=1S/C25H27Cl2NO5.CH4/c1-15(23(26)27)24(29)28-21(25(30)31)11-16-5-8-19(9-6-16)20-10-7-18(12-22(20)32-2)14-33-13-17-3-4-17;/h5-10,12,17,21H,3-4,11,13-14H2,1-2H3,(H,28,29)(H,30,31);1H4/t21-;/m0./s1. The Morgan fingerprint density at radius 1 is 1.12 bits per heavy atom. The van der Waals surface area contributed by atoms with Gasteiger partial charge in [0.2, 0.25) is 5.91 Å². The molecule has 0 heterocycles. The van der Waals surface area contributed by atoms with Crippen molar-refractivity contribution in [2.75, 3.05) is 13.7 Å². The molecule has 1 atom stereocenters. The molecule has 0 unspecified atom stereocenters. The molecule has 184 valence electrons. The van der Waals surface area contributed by atoms with Crippen LogP contribution >= 0.6 is 23.2 Å². The Morgan fingerprint density at radius 2 is 1.76 bits per heavy atom. The van der Waals surface area contributed by atoms with Gasteiger partial charge in [-0.1, -0.05) is 67.0 Å². The molecule has 2 aromatic rings. The molecule has 8 heteroatoms. The number of hydrogen-bond acceptors (Lipinski definition) is 4. The van der Waals surface area contributed by atoms with Crippen LogP contribution in [0.15, 0.2) is 52.5 Å². The maximum atomic E-state index is 12.1. The van der Waals surface area contributed by atoms with Gasteiger partial charge < -0.3 is 19.9 Å². The first-order valence-corrected chi connectivity index (χ1v) is 11.4. The number of rotatable bonds is 11. The number of aliphatic carboxylic acids is 1. The SMILES string of the molecule is C.COc1cc(COCC2CC2)ccc1-c1ccc(C[C@H](NC(=O)C(C)=C(Cl)Cl)C(=O)O)cc1. The number of carboxylic acid groups (broad SMARTS) is 1. The van der Waals surface area contributed by atoms with Crippen molar-refractivity contribution in [1.82, 2.24) is 5.32 Å². The molecule has 0 radical (unpaired) electrons. The highest BCUT2D eigenvalue weighted by molar-refractivity contribution is 6.57. The average Bonchev–Trinajstić information content (AvgIpc) is 3.62. The zero-order valence-corrected chi connectivity index (χ0v) is 20.1. The molecule has 1 saturated carbocycles. The fraction of sp³-hybridized carbons (Fsp3) is 0.385. The summed E-state index contributed by atoms with van der Waals surface area (Å²) in [6.45, 7) is 2.78. The summed E-state index contributed by atoms with van der Waals surface area (Å²) in [4.78, 5) is 23.7. The average molecular weight is 508 g/mol. The minimum absolute atomic E-state index is 0. The summed E-state index contributed by atoms with van der Waals surface area (Å²) in [5.41, 5.74) is 3.73. The van der Waals surface area contributed by atoms with Crippen LogP contribution in [0.4, 0.5) is 0 Å². The summed E-state index contributed by atoms with van der Waals surface area (Å²) in [5, 5.41) is 11.9. The largest absolute Gasteiger partial charge is 0.496 e. The highest BCUT2D eigenvalue weighted by Gasteiger charge is 2.22. The molecule has 1 fully saturated rings. The topological polar surface area (TPSA) is 84.9 Å². The van der Waals surface area contributed by atoms with Gasteiger partial charge in [-0.05, 0) is 48.4 Å². The molecule has 6 nitrogen and oxygen atoms in total. The van der Waals surface area contributed by atoms with E-state index in [0.29, 0.717) is 6.61 Å². The molecule has 1 aliphatic rings. The number of carbonyl (C=O) groups excluding carboxylic acids is 1. The summed E-state index contributed by atoms with van der Waals surface area (Å²) >= 11 is 11.2. The van der Waals surface area contributed by atoms with Crippen LogP contribution in [0, 0.1) is 5.92 Å². The number of ether oxygens (including phenoxy) is 2. The summed E-state index contributed by atoms with van der Waals surface area (Å²) < 4.78 is 11.2. The number of methoxy groups -OCH3 is 1. The second-order valence-electron chi connectivity index (χ2n) is 8.14. The van der Waals surface area contributed by atoms with Crippen molar-refractivity contribution in [3.8, 4) is 16.9 Å². The second-order valence-corrected chi connectivity index (χ2v) is 9.09. The Balaban J connectivity index is 0.00000408. The number of carbonyl (C=O) groups is 2. The lowest BCUT2D eigenvalue weighted by Gasteiger charge is -2.16. The van der Waals surface area contributed by atoms with Crippen LogP contribution < -0.4 is 10.1 Å². The van der Waals surface area contributed by atoms with Crippen molar-refractivity contribution in [3.05, 3.63) is 63.7 Å². The molecule has 34 heavy (non-hydrogen) atoms. The molecule has 0 bridgehead atoms. The predicted molar refractivity (Wildman–Crippen MR) is 135 cm³/mol. The lowest BCUT2D eigenvalue weighted by Crippen LogP contribution is -2.42. The van der Waals surface area contributed by atoms with E-state index in [1.165, 1.54) is 19.8 Å². The van der Waals surface area contributed by atoms with E-state index in [4.69, 9.17) is 32.7 Å². The van der Waals surface area contributed by atoms with E-state index < -0.39 is 17.9 Å². The highest BCUT2D eigenvalue weighted by atomic mass is 35.5. The Labute approximate surface area is 210 Å². The van der Waals surface area contributed by atoms with Crippen LogP contribution in [-0.2, 0) is 27.4 Å². The van der Waals surface area contributed by atoms with Crippen LogP contribution in [0.3, 0.4) is 0 Å². The first kappa shape index (κ1) is 27.7. The number of benzene rings is 2. The maximum Gasteiger partial charge on any atom is 0.326 e. The molecular formula is C26H31Cl2NO5. The van der Waals surface area contributed by atoms with Crippen LogP contribution in [0.2, 0.25) is 0 Å². The first-order chi connectivity index (χ1) is 15.8. The van der Waals surface area contributed by atoms with Crippen molar-refractivity contribution in [3.63, 3.8) is 0 Å². The van der Waals surface area contributed by atoms with E-state index in [9.17, 15) is 14.7 Å². The molecule has 1 amide bonds. The number of nitrogens with one attached hydrogen (secondary N) is 1. The smallest absolute Gasteiger partial charge is 0.326 e. The van der Waals surface area contributed by atoms with Gasteiger partial charge in [-0.25, -0.2) is 4.79 Å². The Morgan fingerprint density at radius 3 is 2.32 bits per heavy atom. The van der Waals surface area contributed by atoms with Gasteiger partial charge >= 0.3 is 5.97 Å². The monoisotopic (exact) mass is 507 g/mol. The van der Waals surface area contributed by atoms with Gasteiger partial charge in [0, 0.05) is 24.2 Å². The van der Waals surface area contributed by atoms with E-state index in [0.717, 1.165) is 40.5 Å². The van der Waals surface area contributed by atoms with Gasteiger partial charge in [0.15, 0.2) is 0 Å². The zero-order valence-electron chi connectivity index (χ0n) is 18.6. The van der Waals surface area contributed by atoms with E-state index in [1.807, 2.05) is 42.5 Å². The summed E-state index contributed by atoms with van der Waals surface area (Å²) in [7, 11) is 1.63. The van der Waals surface area contributed by atoms with Gasteiger partial charge in [-0.15, -0.1) is 0 Å². The molecular weight excluding hydrogens is 477 g/mol. The van der Waals surface area contributed by atoms with Gasteiger partial charge in [0.1, 0.15) is 16.3 Å². The van der Waals surface area contributed by atoms with Gasteiger partial charge in [0.25, 0.3) is 0 Å². The van der Waals surface area contributed by atoms with Crippen molar-refractivity contribution in [2.45, 2.75) is 46.3 Å². The van der Waals surface area contributed by atoms with Crippen LogP contribution in [-0.4, -0.2) is 36.7 Å². The fourth-order valence-corrected chi connectivity index (χ4v) is 3.47. The van der Waals surface area contributed by atoms with E-state index in [1.54, 1.807) is 7.11 Å². The Bertz CT molecular complexity index is 1030. The molecule has 2 N–H and O–H groups in total. The molecule has 1 aliphatic carbocycles. The number of amides is 1. The first-order valence-electron chi connectivity index (χ1n) is 10.7. The highest BCUT2D eigenvalue weighted by Crippen LogP contribution is 2.32. The van der Waals surface area contributed by atoms with Crippen LogP contribution in [0.5, 0.6) is 5.75 Å². The van der Waals surface area contributed by atoms with Gasteiger partial charge in [0.05, 0.1) is 13.7 Å². The number of hydrogen-bond donors (Lipinski definition) is 2. The third kappa shape index (κ3) is 7.76. The second kappa shape index (κ2) is 12.8. The zero-order chi connectivity index (χ0) is 24.0. The molecule has 3 rings (SSSR count). The Hall–Kier alpha value is -2.54. The molecule has 0 aliphatic heterocycles. The Kier molecular flexibility index (Phi) is 10.4. The lowest BCUT2D eigenvalue weighted by atomic mass is 9.99. The van der Waals surface area contributed by atoms with Gasteiger partial charge in [-0.2, -0.15) is 0 Å². The lowest BCUT2D eigenvalue weighted by molar-refractivity contribution is -0.141. The van der Waals surface area contributed by atoms with E-state index in [-0.39, 0.29) is 23.9 Å². The van der Waals surface area contributed by atoms with Crippen molar-refractivity contribution in [2.24, 2.45) is 5.92 Å². The molecule has 2 aromatic carbocycles. The third-order valence-electron chi connectivity index (χ3n) is 5.52. The number of halogens is 2. The van der Waals surface area contributed by atoms with Crippen molar-refractivity contribution < 1.29 is 24.2 Å². The van der Waals surface area contributed by atoms with E-state index >= 15 is 0 Å². The quantitative estimate of drug-likeness (QED) is 0.378. The predicted octanol–water partition coefficient (Wildman–Crippen LogP) is 5.75. The van der Waals surface area contributed by atoms with Crippen LogP contribution in [0.25, 0.3) is 11.1 Å². The van der Waals surface area contributed by atoms with Crippen molar-refractivity contribution in [1.29, 1.82) is 0 Å². The summed E-state index contributed by atoms with van der Waals surface area (Å²) in [6, 6.07) is 12.3. The normalized spacial score (nSPS) is 13.4. The molecule has 0 spiro atoms. The fourth-order valence-electron chi connectivity index (χ4n) is 3.30. The summed E-state index contributed by atoms with van der Waals surface area (Å²) in [5.74, 6) is -0.305. The third-order valence-corrected chi connectivity index (χ3v) is 6.08. The van der Waals surface area contributed by atoms with Gasteiger partial charge in [-0.3, -0.25) is 4.79 Å².